The maximum Gasteiger partial charge on any atom is 0.299 e. The van der Waals surface area contributed by atoms with E-state index in [1.54, 1.807) is 0 Å². The van der Waals surface area contributed by atoms with Gasteiger partial charge in [0.15, 0.2) is 5.82 Å². The molecule has 0 saturated heterocycles. The summed E-state index contributed by atoms with van der Waals surface area (Å²) in [5.74, 6) is 1.63. The largest absolute Gasteiger partial charge is 0.430 e. The summed E-state index contributed by atoms with van der Waals surface area (Å²) >= 11 is 1.32. The number of rotatable bonds is 7. The van der Waals surface area contributed by atoms with Gasteiger partial charge in [0.1, 0.15) is 5.75 Å². The van der Waals surface area contributed by atoms with Gasteiger partial charge >= 0.3 is 0 Å². The first-order valence-corrected chi connectivity index (χ1v) is 11.7. The zero-order valence-corrected chi connectivity index (χ0v) is 19.3. The Balaban J connectivity index is 1.49. The molecule has 4 nitrogen and oxygen atoms in total. The van der Waals surface area contributed by atoms with Crippen molar-refractivity contribution >= 4 is 11.5 Å². The van der Waals surface area contributed by atoms with Crippen molar-refractivity contribution in [3.8, 4) is 22.3 Å². The van der Waals surface area contributed by atoms with Gasteiger partial charge in [-0.2, -0.15) is 9.36 Å². The lowest BCUT2D eigenvalue weighted by molar-refractivity contribution is 0.357. The molecule has 0 bridgehead atoms. The summed E-state index contributed by atoms with van der Waals surface area (Å²) < 4.78 is 10.7. The lowest BCUT2D eigenvalue weighted by Crippen LogP contribution is -2.20. The minimum Gasteiger partial charge on any atom is -0.430 e. The van der Waals surface area contributed by atoms with Crippen LogP contribution in [-0.2, 0) is 19.3 Å². The molecule has 0 spiro atoms. The van der Waals surface area contributed by atoms with Crippen molar-refractivity contribution in [2.75, 3.05) is 20.1 Å². The fourth-order valence-electron chi connectivity index (χ4n) is 4.03. The second-order valence-corrected chi connectivity index (χ2v) is 9.08. The monoisotopic (exact) mass is 421 g/mol. The van der Waals surface area contributed by atoms with Gasteiger partial charge in [-0.1, -0.05) is 25.1 Å². The highest BCUT2D eigenvalue weighted by atomic mass is 32.1. The Morgan fingerprint density at radius 1 is 1.03 bits per heavy atom. The van der Waals surface area contributed by atoms with Gasteiger partial charge in [0, 0.05) is 23.6 Å². The third kappa shape index (κ3) is 4.73. The molecule has 0 radical (unpaired) electrons. The van der Waals surface area contributed by atoms with E-state index in [1.165, 1.54) is 53.0 Å². The van der Waals surface area contributed by atoms with Gasteiger partial charge in [-0.15, -0.1) is 0 Å². The van der Waals surface area contributed by atoms with E-state index in [-0.39, 0.29) is 0 Å². The smallest absolute Gasteiger partial charge is 0.299 e. The van der Waals surface area contributed by atoms with Crippen LogP contribution in [0.3, 0.4) is 0 Å². The first-order valence-electron chi connectivity index (χ1n) is 11.0. The van der Waals surface area contributed by atoms with Crippen molar-refractivity contribution < 1.29 is 4.74 Å². The van der Waals surface area contributed by atoms with Crippen molar-refractivity contribution in [3.63, 3.8) is 0 Å². The summed E-state index contributed by atoms with van der Waals surface area (Å²) in [4.78, 5) is 7.00. The third-order valence-corrected chi connectivity index (χ3v) is 6.74. The van der Waals surface area contributed by atoms with Crippen molar-refractivity contribution in [1.29, 1.82) is 0 Å². The van der Waals surface area contributed by atoms with Crippen LogP contribution in [0.1, 0.15) is 47.6 Å². The predicted molar refractivity (Wildman–Crippen MR) is 125 cm³/mol. The van der Waals surface area contributed by atoms with Gasteiger partial charge in [-0.05, 0) is 99.5 Å². The number of ether oxygens (including phenoxy) is 1. The van der Waals surface area contributed by atoms with E-state index in [0.717, 1.165) is 48.6 Å². The number of fused-ring (bicyclic) bond motifs is 1. The lowest BCUT2D eigenvalue weighted by atomic mass is 9.90. The summed E-state index contributed by atoms with van der Waals surface area (Å²) in [6.07, 6.45) is 5.98. The van der Waals surface area contributed by atoms with Gasteiger partial charge < -0.3 is 9.64 Å². The molecule has 0 aliphatic heterocycles. The van der Waals surface area contributed by atoms with E-state index in [2.05, 4.69) is 72.4 Å². The summed E-state index contributed by atoms with van der Waals surface area (Å²) in [5.41, 5.74) is 7.80. The summed E-state index contributed by atoms with van der Waals surface area (Å²) in [7, 11) is 2.16. The predicted octanol–water partition coefficient (Wildman–Crippen LogP) is 5.99. The Morgan fingerprint density at radius 2 is 1.83 bits per heavy atom. The summed E-state index contributed by atoms with van der Waals surface area (Å²) in [6.45, 7) is 8.59. The van der Waals surface area contributed by atoms with Crippen LogP contribution in [0.25, 0.3) is 11.4 Å². The first-order chi connectivity index (χ1) is 14.5. The Kier molecular flexibility index (Phi) is 6.49. The number of benzene rings is 2. The number of aromatic nitrogens is 2. The fraction of sp³-hybridized carbons (Fsp3) is 0.440. The topological polar surface area (TPSA) is 38.2 Å². The maximum absolute atomic E-state index is 6.14. The van der Waals surface area contributed by atoms with E-state index < -0.39 is 0 Å². The van der Waals surface area contributed by atoms with E-state index >= 15 is 0 Å². The Bertz CT molecular complexity index is 1030. The van der Waals surface area contributed by atoms with Gasteiger partial charge in [0.25, 0.3) is 5.19 Å². The van der Waals surface area contributed by atoms with Crippen LogP contribution in [0.15, 0.2) is 30.3 Å². The molecule has 158 valence electrons. The van der Waals surface area contributed by atoms with Crippen LogP contribution in [0, 0.1) is 13.8 Å². The molecule has 0 atom stereocenters. The number of hydrogen-bond acceptors (Lipinski definition) is 5. The normalized spacial score (nSPS) is 13.5. The Hall–Kier alpha value is -2.24. The summed E-state index contributed by atoms with van der Waals surface area (Å²) in [6, 6.07) is 11.0. The molecule has 30 heavy (non-hydrogen) atoms. The average molecular weight is 422 g/mol. The second-order valence-electron chi connectivity index (χ2n) is 8.37. The van der Waals surface area contributed by atoms with Crippen LogP contribution in [0.5, 0.6) is 10.9 Å². The number of likely N-dealkylation sites (N-methyl/N-ethyl adjacent to an activating group) is 1. The third-order valence-electron chi connectivity index (χ3n) is 6.15. The highest BCUT2D eigenvalue weighted by Crippen LogP contribution is 2.32. The van der Waals surface area contributed by atoms with Crippen molar-refractivity contribution in [3.05, 3.63) is 58.1 Å². The van der Waals surface area contributed by atoms with Crippen molar-refractivity contribution in [1.82, 2.24) is 14.3 Å². The van der Waals surface area contributed by atoms with Crippen LogP contribution in [-0.4, -0.2) is 34.4 Å². The molecule has 0 amide bonds. The minimum atomic E-state index is 0.601. The van der Waals surface area contributed by atoms with E-state index in [1.807, 2.05) is 0 Å². The zero-order chi connectivity index (χ0) is 21.1. The second kappa shape index (κ2) is 9.27. The SMILES string of the molecule is CCN(C)CCc1cc(C)c(Oc2nc(-c3ccc4c(c3)CCCC4)ns2)cc1C. The molecule has 0 N–H and O–H groups in total. The van der Waals surface area contributed by atoms with E-state index in [9.17, 15) is 0 Å². The molecule has 0 fully saturated rings. The number of hydrogen-bond donors (Lipinski definition) is 0. The van der Waals surface area contributed by atoms with Gasteiger partial charge in [-0.25, -0.2) is 0 Å². The standard InChI is InChI=1S/C25H31N3OS/c1-5-28(4)13-12-20-14-18(3)23(15-17(20)2)29-25-26-24(27-30-25)22-11-10-19-8-6-7-9-21(19)16-22/h10-11,14-16H,5-9,12-13H2,1-4H3. The minimum absolute atomic E-state index is 0.601. The molecule has 1 heterocycles. The van der Waals surface area contributed by atoms with Gasteiger partial charge in [0.2, 0.25) is 0 Å². The van der Waals surface area contributed by atoms with Gasteiger partial charge in [-0.3, -0.25) is 0 Å². The molecule has 2 aromatic carbocycles. The van der Waals surface area contributed by atoms with Crippen molar-refractivity contribution in [2.45, 2.75) is 52.9 Å². The van der Waals surface area contributed by atoms with E-state index in [4.69, 9.17) is 4.74 Å². The molecule has 0 unspecified atom stereocenters. The van der Waals surface area contributed by atoms with Crippen molar-refractivity contribution in [2.24, 2.45) is 0 Å². The highest BCUT2D eigenvalue weighted by molar-refractivity contribution is 7.07. The number of aryl methyl sites for hydroxylation is 4. The molecular weight excluding hydrogens is 390 g/mol. The number of nitrogens with zero attached hydrogens (tertiary/aromatic N) is 3. The molecule has 1 aliphatic rings. The summed E-state index contributed by atoms with van der Waals surface area (Å²) in [5, 5.41) is 0.601. The average Bonchev–Trinajstić information content (AvgIpc) is 3.23. The lowest BCUT2D eigenvalue weighted by Gasteiger charge is -2.16. The zero-order valence-electron chi connectivity index (χ0n) is 18.5. The molecular formula is C25H31N3OS. The molecule has 4 rings (SSSR count). The fourth-order valence-corrected chi connectivity index (χ4v) is 4.60. The Morgan fingerprint density at radius 3 is 2.63 bits per heavy atom. The molecule has 1 aliphatic carbocycles. The molecule has 5 heteroatoms. The van der Waals surface area contributed by atoms with Crippen LogP contribution in [0.4, 0.5) is 0 Å². The quantitative estimate of drug-likeness (QED) is 0.470. The Labute approximate surface area is 184 Å². The van der Waals surface area contributed by atoms with Crippen LogP contribution < -0.4 is 4.74 Å². The molecule has 1 aromatic heterocycles. The highest BCUT2D eigenvalue weighted by Gasteiger charge is 2.15. The van der Waals surface area contributed by atoms with Crippen LogP contribution >= 0.6 is 11.5 Å². The molecule has 3 aromatic rings. The van der Waals surface area contributed by atoms with Gasteiger partial charge in [0.05, 0.1) is 0 Å². The van der Waals surface area contributed by atoms with Crippen LogP contribution in [0.2, 0.25) is 0 Å². The first kappa shape index (κ1) is 21.0. The molecule has 0 saturated carbocycles. The maximum atomic E-state index is 6.14. The van der Waals surface area contributed by atoms with E-state index in [0.29, 0.717) is 5.19 Å².